The minimum atomic E-state index is -0.219. The topological polar surface area (TPSA) is 29.1 Å². The van der Waals surface area contributed by atoms with Gasteiger partial charge in [0.05, 0.1) is 11.8 Å². The Morgan fingerprint density at radius 1 is 1.14 bits per heavy atom. The fourth-order valence-corrected chi connectivity index (χ4v) is 2.80. The van der Waals surface area contributed by atoms with Crippen LogP contribution in [0.3, 0.4) is 0 Å². The lowest BCUT2D eigenvalue weighted by Gasteiger charge is -2.14. The van der Waals surface area contributed by atoms with Crippen molar-refractivity contribution in [1.29, 1.82) is 0 Å². The fourth-order valence-electron chi connectivity index (χ4n) is 1.98. The SMILES string of the molecule is CC(NC(=O)CSCc1ccccc1F)c1ccccc1. The third-order valence-corrected chi connectivity index (χ3v) is 4.11. The molecule has 0 heterocycles. The van der Waals surface area contributed by atoms with Crippen LogP contribution in [-0.2, 0) is 10.5 Å². The Balaban J connectivity index is 1.76. The maximum atomic E-state index is 13.4. The summed E-state index contributed by atoms with van der Waals surface area (Å²) in [6.07, 6.45) is 0. The summed E-state index contributed by atoms with van der Waals surface area (Å²) in [7, 11) is 0. The van der Waals surface area contributed by atoms with Gasteiger partial charge in [0.25, 0.3) is 0 Å². The number of halogens is 1. The van der Waals surface area contributed by atoms with Crippen LogP contribution in [0.1, 0.15) is 24.1 Å². The highest BCUT2D eigenvalue weighted by Gasteiger charge is 2.09. The van der Waals surface area contributed by atoms with Gasteiger partial charge in [0.1, 0.15) is 5.82 Å². The van der Waals surface area contributed by atoms with E-state index in [-0.39, 0.29) is 17.8 Å². The highest BCUT2D eigenvalue weighted by Crippen LogP contribution is 2.16. The number of rotatable bonds is 6. The molecular formula is C17H18FNOS. The summed E-state index contributed by atoms with van der Waals surface area (Å²) >= 11 is 1.41. The molecule has 0 aromatic heterocycles. The molecule has 1 unspecified atom stereocenters. The van der Waals surface area contributed by atoms with E-state index in [0.717, 1.165) is 5.56 Å². The zero-order chi connectivity index (χ0) is 15.1. The molecule has 0 fully saturated rings. The van der Waals surface area contributed by atoms with Gasteiger partial charge >= 0.3 is 0 Å². The van der Waals surface area contributed by atoms with Crippen LogP contribution in [0.25, 0.3) is 0 Å². The Morgan fingerprint density at radius 2 is 1.81 bits per heavy atom. The maximum absolute atomic E-state index is 13.4. The lowest BCUT2D eigenvalue weighted by Crippen LogP contribution is -2.28. The number of amides is 1. The number of nitrogens with one attached hydrogen (secondary N) is 1. The Hall–Kier alpha value is -1.81. The van der Waals surface area contributed by atoms with Crippen molar-refractivity contribution >= 4 is 17.7 Å². The summed E-state index contributed by atoms with van der Waals surface area (Å²) in [6, 6.07) is 16.4. The van der Waals surface area contributed by atoms with E-state index in [4.69, 9.17) is 0 Å². The Bertz CT molecular complexity index is 588. The van der Waals surface area contributed by atoms with E-state index in [9.17, 15) is 9.18 Å². The van der Waals surface area contributed by atoms with Crippen molar-refractivity contribution in [3.05, 3.63) is 71.5 Å². The molecule has 0 aliphatic heterocycles. The number of hydrogen-bond donors (Lipinski definition) is 1. The van der Waals surface area contributed by atoms with Gasteiger partial charge in [0.15, 0.2) is 0 Å². The highest BCUT2D eigenvalue weighted by atomic mass is 32.2. The van der Waals surface area contributed by atoms with Crippen molar-refractivity contribution in [3.63, 3.8) is 0 Å². The standard InChI is InChI=1S/C17H18FNOS/c1-13(14-7-3-2-4-8-14)19-17(20)12-21-11-15-9-5-6-10-16(15)18/h2-10,13H,11-12H2,1H3,(H,19,20). The Kier molecular flexibility index (Phi) is 5.81. The summed E-state index contributed by atoms with van der Waals surface area (Å²) in [5, 5.41) is 2.94. The van der Waals surface area contributed by atoms with Gasteiger partial charge in [-0.3, -0.25) is 4.79 Å². The lowest BCUT2D eigenvalue weighted by molar-refractivity contribution is -0.119. The predicted molar refractivity (Wildman–Crippen MR) is 85.6 cm³/mol. The molecule has 2 nitrogen and oxygen atoms in total. The minimum absolute atomic E-state index is 0.0206. The molecule has 110 valence electrons. The average molecular weight is 303 g/mol. The third kappa shape index (κ3) is 4.90. The second-order valence-electron chi connectivity index (χ2n) is 4.78. The number of hydrogen-bond acceptors (Lipinski definition) is 2. The van der Waals surface area contributed by atoms with E-state index in [1.54, 1.807) is 18.2 Å². The first-order valence-corrected chi connectivity index (χ1v) is 7.97. The van der Waals surface area contributed by atoms with Gasteiger partial charge in [-0.25, -0.2) is 4.39 Å². The van der Waals surface area contributed by atoms with Gasteiger partial charge in [-0.05, 0) is 24.1 Å². The largest absolute Gasteiger partial charge is 0.349 e. The number of thioether (sulfide) groups is 1. The van der Waals surface area contributed by atoms with E-state index in [1.165, 1.54) is 17.8 Å². The van der Waals surface area contributed by atoms with Crippen molar-refractivity contribution in [1.82, 2.24) is 5.32 Å². The predicted octanol–water partition coefficient (Wildman–Crippen LogP) is 3.94. The van der Waals surface area contributed by atoms with Crippen LogP contribution in [0.15, 0.2) is 54.6 Å². The first-order valence-electron chi connectivity index (χ1n) is 6.82. The zero-order valence-corrected chi connectivity index (χ0v) is 12.7. The van der Waals surface area contributed by atoms with Crippen molar-refractivity contribution in [2.75, 3.05) is 5.75 Å². The van der Waals surface area contributed by atoms with E-state index in [0.29, 0.717) is 17.1 Å². The minimum Gasteiger partial charge on any atom is -0.349 e. The molecule has 2 rings (SSSR count). The second kappa shape index (κ2) is 7.84. The molecule has 0 spiro atoms. The van der Waals surface area contributed by atoms with Crippen molar-refractivity contribution in [3.8, 4) is 0 Å². The van der Waals surface area contributed by atoms with Crippen LogP contribution in [0.2, 0.25) is 0 Å². The molecule has 2 aromatic carbocycles. The normalized spacial score (nSPS) is 11.9. The highest BCUT2D eigenvalue weighted by molar-refractivity contribution is 7.99. The number of carbonyl (C=O) groups is 1. The van der Waals surface area contributed by atoms with Gasteiger partial charge < -0.3 is 5.32 Å². The van der Waals surface area contributed by atoms with Crippen molar-refractivity contribution < 1.29 is 9.18 Å². The van der Waals surface area contributed by atoms with E-state index in [2.05, 4.69) is 5.32 Å². The van der Waals surface area contributed by atoms with Gasteiger partial charge in [-0.2, -0.15) is 0 Å². The molecule has 0 bridgehead atoms. The van der Waals surface area contributed by atoms with E-state index in [1.807, 2.05) is 37.3 Å². The molecule has 1 amide bonds. The molecule has 21 heavy (non-hydrogen) atoms. The Morgan fingerprint density at radius 3 is 2.52 bits per heavy atom. The lowest BCUT2D eigenvalue weighted by atomic mass is 10.1. The quantitative estimate of drug-likeness (QED) is 0.876. The van der Waals surface area contributed by atoms with Gasteiger partial charge in [-0.1, -0.05) is 48.5 Å². The van der Waals surface area contributed by atoms with Gasteiger partial charge in [-0.15, -0.1) is 11.8 Å². The first kappa shape index (κ1) is 15.6. The van der Waals surface area contributed by atoms with E-state index < -0.39 is 0 Å². The van der Waals surface area contributed by atoms with Crippen LogP contribution in [0, 0.1) is 5.82 Å². The van der Waals surface area contributed by atoms with Crippen LogP contribution in [0.4, 0.5) is 4.39 Å². The fraction of sp³-hybridized carbons (Fsp3) is 0.235. The van der Waals surface area contributed by atoms with Crippen LogP contribution < -0.4 is 5.32 Å². The number of benzene rings is 2. The van der Waals surface area contributed by atoms with Crippen molar-refractivity contribution in [2.24, 2.45) is 0 Å². The summed E-state index contributed by atoms with van der Waals surface area (Å²) in [5.41, 5.74) is 1.70. The molecule has 1 N–H and O–H groups in total. The molecule has 0 saturated carbocycles. The first-order chi connectivity index (χ1) is 10.2. The third-order valence-electron chi connectivity index (χ3n) is 3.13. The van der Waals surface area contributed by atoms with Crippen LogP contribution >= 0.6 is 11.8 Å². The molecule has 0 aliphatic rings. The average Bonchev–Trinajstić information content (AvgIpc) is 2.50. The van der Waals surface area contributed by atoms with Crippen molar-refractivity contribution in [2.45, 2.75) is 18.7 Å². The summed E-state index contributed by atoms with van der Waals surface area (Å²) in [4.78, 5) is 11.9. The van der Waals surface area contributed by atoms with Gasteiger partial charge in [0.2, 0.25) is 5.91 Å². The molecule has 0 saturated heterocycles. The number of carbonyl (C=O) groups excluding carboxylic acids is 1. The molecule has 0 aliphatic carbocycles. The zero-order valence-electron chi connectivity index (χ0n) is 11.9. The smallest absolute Gasteiger partial charge is 0.230 e. The molecule has 1 atom stereocenters. The molecular weight excluding hydrogens is 285 g/mol. The van der Waals surface area contributed by atoms with Gasteiger partial charge in [0, 0.05) is 5.75 Å². The summed E-state index contributed by atoms with van der Waals surface area (Å²) in [6.45, 7) is 1.95. The second-order valence-corrected chi connectivity index (χ2v) is 5.77. The summed E-state index contributed by atoms with van der Waals surface area (Å²) in [5.74, 6) is 0.571. The molecule has 0 radical (unpaired) electrons. The molecule has 4 heteroatoms. The van der Waals surface area contributed by atoms with E-state index >= 15 is 0 Å². The molecule has 2 aromatic rings. The maximum Gasteiger partial charge on any atom is 0.230 e. The van der Waals surface area contributed by atoms with Crippen LogP contribution in [-0.4, -0.2) is 11.7 Å². The Labute approximate surface area is 128 Å². The summed E-state index contributed by atoms with van der Waals surface area (Å²) < 4.78 is 13.4. The van der Waals surface area contributed by atoms with Crippen LogP contribution in [0.5, 0.6) is 0 Å². The monoisotopic (exact) mass is 303 g/mol.